The summed E-state index contributed by atoms with van der Waals surface area (Å²) in [6, 6.07) is 13.8. The number of hydrogen-bond acceptors (Lipinski definition) is 8. The van der Waals surface area contributed by atoms with E-state index in [4.69, 9.17) is 9.72 Å². The van der Waals surface area contributed by atoms with Crippen molar-refractivity contribution in [2.75, 3.05) is 18.1 Å². The first-order chi connectivity index (χ1) is 24.9. The molecule has 2 aromatic carbocycles. The standard InChI is InChI=1S/C39H48FN5O6S.K/c1-6-12-36-42-33(8-3)38(34(46)19-22-44(37(47)13-7-2)30-14-11-21-41-25-30)45(36)26-29-18-17-28(24-32(29)40)31-15-9-10-16-35(31)52(49,50)43-39(48)51-23-20-27(4)5;/h9-11,14-18,21,24-25,27H,6-8,12-13,19-20,22-23,26H2,1-5H3,(H,43,48);/q;+1/p-1. The Hall–Kier alpha value is -3.27. The van der Waals surface area contributed by atoms with E-state index in [0.29, 0.717) is 55.0 Å². The first kappa shape index (κ1) is 44.1. The number of benzene rings is 2. The molecule has 11 nitrogen and oxygen atoms in total. The number of anilines is 1. The zero-order chi connectivity index (χ0) is 37.8. The number of carbonyl (C=O) groups excluding carboxylic acids is 2. The van der Waals surface area contributed by atoms with E-state index in [-0.39, 0.29) is 117 Å². The number of aryl methyl sites for hydroxylation is 2. The van der Waals surface area contributed by atoms with Gasteiger partial charge in [0.15, 0.2) is 11.9 Å². The number of rotatable bonds is 18. The van der Waals surface area contributed by atoms with Gasteiger partial charge >= 0.3 is 51.4 Å². The number of pyridine rings is 1. The third-order valence-corrected chi connectivity index (χ3v) is 9.75. The third kappa shape index (κ3) is 11.9. The summed E-state index contributed by atoms with van der Waals surface area (Å²) in [6.45, 7) is 9.91. The van der Waals surface area contributed by atoms with Crippen LogP contribution in [0.4, 0.5) is 10.1 Å². The third-order valence-electron chi connectivity index (χ3n) is 8.45. The summed E-state index contributed by atoms with van der Waals surface area (Å²) in [5, 5.41) is 12.2. The normalized spacial score (nSPS) is 11.7. The molecule has 0 N–H and O–H groups in total. The van der Waals surface area contributed by atoms with Crippen LogP contribution in [0.3, 0.4) is 0 Å². The topological polar surface area (TPSA) is 147 Å². The summed E-state index contributed by atoms with van der Waals surface area (Å²) in [5.74, 6) is -0.0312. The molecule has 278 valence electrons. The predicted octanol–water partition coefficient (Wildman–Crippen LogP) is 3.53. The molecule has 0 unspecified atom stereocenters. The molecular weight excluding hydrogens is 725 g/mol. The van der Waals surface area contributed by atoms with Crippen molar-refractivity contribution in [2.24, 2.45) is 10.3 Å². The number of amides is 1. The molecule has 2 heterocycles. The minimum Gasteiger partial charge on any atom is -0.600 e. The van der Waals surface area contributed by atoms with E-state index in [1.54, 1.807) is 52.2 Å². The summed E-state index contributed by atoms with van der Waals surface area (Å²) in [7, 11) is -4.48. The molecule has 53 heavy (non-hydrogen) atoms. The summed E-state index contributed by atoms with van der Waals surface area (Å²) in [4.78, 5) is 37.3. The molecule has 14 heteroatoms. The fraction of sp³-hybridized carbons (Fsp3) is 0.410. The molecule has 0 aliphatic carbocycles. The second-order valence-electron chi connectivity index (χ2n) is 12.9. The molecule has 0 bridgehead atoms. The van der Waals surface area contributed by atoms with Crippen molar-refractivity contribution in [3.8, 4) is 11.1 Å². The van der Waals surface area contributed by atoms with Gasteiger partial charge in [-0.05, 0) is 68.0 Å². The van der Waals surface area contributed by atoms with Crippen LogP contribution in [-0.2, 0) is 38.9 Å². The largest absolute Gasteiger partial charge is 1.00 e. The van der Waals surface area contributed by atoms with Crippen molar-refractivity contribution in [1.29, 1.82) is 0 Å². The molecule has 0 radical (unpaired) electrons. The molecule has 0 spiro atoms. The van der Waals surface area contributed by atoms with Crippen molar-refractivity contribution in [2.45, 2.75) is 91.0 Å². The number of aromatic nitrogens is 3. The average molecular weight is 772 g/mol. The maximum atomic E-state index is 16.0. The van der Waals surface area contributed by atoms with Crippen LogP contribution < -0.4 is 61.4 Å². The van der Waals surface area contributed by atoms with Crippen molar-refractivity contribution >= 4 is 33.5 Å². The molecule has 2 aromatic heterocycles. The van der Waals surface area contributed by atoms with Crippen LogP contribution in [0.15, 0.2) is 76.3 Å². The fourth-order valence-corrected chi connectivity index (χ4v) is 6.85. The minimum atomic E-state index is -4.48. The van der Waals surface area contributed by atoms with Crippen LogP contribution in [0.2, 0.25) is 0 Å². The molecule has 1 amide bonds. The number of Topliss-reactive ketones (excluding diaryl/α,β-unsaturated/α-hetero) is 1. The van der Waals surface area contributed by atoms with Crippen molar-refractivity contribution in [1.82, 2.24) is 14.5 Å². The van der Waals surface area contributed by atoms with Crippen molar-refractivity contribution in [3.63, 3.8) is 0 Å². The van der Waals surface area contributed by atoms with Gasteiger partial charge in [0.25, 0.3) is 10.0 Å². The van der Waals surface area contributed by atoms with Crippen molar-refractivity contribution < 1.29 is 83.6 Å². The van der Waals surface area contributed by atoms with Gasteiger partial charge in [0, 0.05) is 43.1 Å². The number of sulfonamides is 1. The van der Waals surface area contributed by atoms with E-state index < -0.39 is 21.9 Å². The Kier molecular flexibility index (Phi) is 17.5. The number of ether oxygens (including phenoxy) is 1. The molecular formula is C39H47FKN5O6S. The Morgan fingerprint density at radius 1 is 1.04 bits per heavy atom. The second-order valence-corrected chi connectivity index (χ2v) is 14.4. The van der Waals surface area contributed by atoms with Crippen LogP contribution >= 0.6 is 0 Å². The van der Waals surface area contributed by atoms with Gasteiger partial charge in [0.2, 0.25) is 5.91 Å². The number of nitrogens with zero attached hydrogens (tertiary/aromatic N) is 5. The first-order valence-corrected chi connectivity index (χ1v) is 19.2. The molecule has 0 saturated carbocycles. The van der Waals surface area contributed by atoms with Gasteiger partial charge in [0.1, 0.15) is 17.3 Å². The zero-order valence-corrected chi connectivity index (χ0v) is 35.4. The quantitative estimate of drug-likeness (QED) is 0.0647. The van der Waals surface area contributed by atoms with Gasteiger partial charge in [-0.2, -0.15) is 8.42 Å². The number of halogens is 1. The van der Waals surface area contributed by atoms with Crippen molar-refractivity contribution in [3.05, 3.63) is 95.6 Å². The Morgan fingerprint density at radius 3 is 2.43 bits per heavy atom. The van der Waals surface area contributed by atoms with Gasteiger partial charge in [-0.25, -0.2) is 9.37 Å². The fourth-order valence-electron chi connectivity index (χ4n) is 5.79. The monoisotopic (exact) mass is 771 g/mol. The molecule has 0 aliphatic heterocycles. The average Bonchev–Trinajstić information content (AvgIpc) is 3.46. The first-order valence-electron chi connectivity index (χ1n) is 17.7. The van der Waals surface area contributed by atoms with Gasteiger partial charge in [-0.3, -0.25) is 14.6 Å². The van der Waals surface area contributed by atoms with Gasteiger partial charge in [-0.15, -0.1) is 4.40 Å². The van der Waals surface area contributed by atoms with Gasteiger partial charge < -0.3 is 19.3 Å². The molecule has 0 fully saturated rings. The summed E-state index contributed by atoms with van der Waals surface area (Å²) < 4.78 is 52.4. The van der Waals surface area contributed by atoms with Crippen LogP contribution in [0.1, 0.15) is 94.3 Å². The maximum absolute atomic E-state index is 16.0. The van der Waals surface area contributed by atoms with Gasteiger partial charge in [0.05, 0.1) is 29.0 Å². The molecule has 4 rings (SSSR count). The number of ketones is 1. The maximum Gasteiger partial charge on any atom is 1.00 e. The van der Waals surface area contributed by atoms with E-state index in [0.717, 1.165) is 6.42 Å². The molecule has 4 aromatic rings. The van der Waals surface area contributed by atoms with E-state index in [9.17, 15) is 23.1 Å². The van der Waals surface area contributed by atoms with E-state index in [1.807, 2.05) is 34.6 Å². The van der Waals surface area contributed by atoms with Crippen LogP contribution in [0.5, 0.6) is 0 Å². The Morgan fingerprint density at radius 2 is 1.79 bits per heavy atom. The zero-order valence-electron chi connectivity index (χ0n) is 31.5. The van der Waals surface area contributed by atoms with E-state index in [1.165, 1.54) is 24.3 Å². The van der Waals surface area contributed by atoms with Crippen LogP contribution in [0, 0.1) is 11.7 Å². The smallest absolute Gasteiger partial charge is 0.600 e. The molecule has 0 saturated heterocycles. The Balaban J connectivity index is 0.00000756. The Bertz CT molecular complexity index is 1990. The number of hydrogen-bond donors (Lipinski definition) is 0. The van der Waals surface area contributed by atoms with E-state index >= 15 is 4.39 Å². The van der Waals surface area contributed by atoms with Crippen LogP contribution in [0.25, 0.3) is 11.1 Å². The number of imidazole rings is 1. The van der Waals surface area contributed by atoms with Gasteiger partial charge in [-0.1, -0.05) is 65.0 Å². The SMILES string of the molecule is CCCC(=O)N(CCC(=O)c1c(CC)nc(CCC)n1Cc1ccc(-c2ccccc2S(=O)(=O)N=C([O-])OCCC(C)C)cc1F)c1cccnc1.[K+]. The summed E-state index contributed by atoms with van der Waals surface area (Å²) in [6.07, 6.45) is 5.36. The Labute approximate surface area is 354 Å². The second kappa shape index (κ2) is 21.0. The summed E-state index contributed by atoms with van der Waals surface area (Å²) in [5.41, 5.74) is 2.29. The van der Waals surface area contributed by atoms with Crippen LogP contribution in [-0.4, -0.2) is 53.9 Å². The predicted molar refractivity (Wildman–Crippen MR) is 197 cm³/mol. The molecule has 0 atom stereocenters. The summed E-state index contributed by atoms with van der Waals surface area (Å²) >= 11 is 0. The van der Waals surface area contributed by atoms with E-state index in [2.05, 4.69) is 9.38 Å². The molecule has 0 aliphatic rings. The number of carbonyl (C=O) groups is 2. The minimum absolute atomic E-state index is 0.